The lowest BCUT2D eigenvalue weighted by atomic mass is 10.1. The summed E-state index contributed by atoms with van der Waals surface area (Å²) in [5, 5.41) is 9.30. The van der Waals surface area contributed by atoms with Gasteiger partial charge in [-0.2, -0.15) is 0 Å². The largest absolute Gasteiger partial charge is 0.508 e. The van der Waals surface area contributed by atoms with Crippen molar-refractivity contribution in [3.05, 3.63) is 89.5 Å². The molecule has 1 N–H and O–H groups in total. The molecule has 6 nitrogen and oxygen atoms in total. The molecular weight excluding hydrogens is 432 g/mol. The van der Waals surface area contributed by atoms with Crippen LogP contribution in [0.4, 0.5) is 0 Å². The van der Waals surface area contributed by atoms with E-state index in [1.165, 1.54) is 0 Å². The number of rotatable bonds is 11. The molecule has 0 radical (unpaired) electrons. The smallest absolute Gasteiger partial charge is 0.311 e. The van der Waals surface area contributed by atoms with E-state index in [0.717, 1.165) is 16.7 Å². The number of phenols is 1. The standard InChI is InChI=1S/C28H28O6/c1-20(29)2-3-21-6-14-25(15-7-21)33-28(32)19-11-23-8-16-26(17-9-23)34-27(31)18-10-22-4-12-24(30)13-5-22/h4-9,12-17,30H,2-3,10-11,18-19H2,1H3. The van der Waals surface area contributed by atoms with E-state index in [-0.39, 0.29) is 36.3 Å². The lowest BCUT2D eigenvalue weighted by molar-refractivity contribution is -0.135. The SMILES string of the molecule is CC(=O)CCc1ccc(OC(=O)CCc2ccc(OC(=O)CCc3ccc(O)cc3)cc2)cc1. The zero-order chi connectivity index (χ0) is 24.3. The Kier molecular flexibility index (Phi) is 8.97. The third-order valence-corrected chi connectivity index (χ3v) is 5.25. The van der Waals surface area contributed by atoms with E-state index in [4.69, 9.17) is 9.47 Å². The Labute approximate surface area is 199 Å². The molecule has 0 saturated heterocycles. The number of benzene rings is 3. The lowest BCUT2D eigenvalue weighted by Crippen LogP contribution is -2.10. The number of carbonyl (C=O) groups is 3. The molecule has 0 fully saturated rings. The van der Waals surface area contributed by atoms with Crippen LogP contribution in [0.2, 0.25) is 0 Å². The Morgan fingerprint density at radius 1 is 0.588 bits per heavy atom. The van der Waals surface area contributed by atoms with Gasteiger partial charge in [0.2, 0.25) is 0 Å². The molecular formula is C28H28O6. The molecule has 3 rings (SSSR count). The van der Waals surface area contributed by atoms with Crippen molar-refractivity contribution in [3.8, 4) is 17.2 Å². The van der Waals surface area contributed by atoms with Crippen LogP contribution >= 0.6 is 0 Å². The predicted molar refractivity (Wildman–Crippen MR) is 128 cm³/mol. The van der Waals surface area contributed by atoms with Crippen LogP contribution < -0.4 is 9.47 Å². The van der Waals surface area contributed by atoms with E-state index in [1.54, 1.807) is 55.5 Å². The number of ether oxygens (including phenoxy) is 2. The van der Waals surface area contributed by atoms with Crippen molar-refractivity contribution in [1.29, 1.82) is 0 Å². The fourth-order valence-electron chi connectivity index (χ4n) is 3.29. The number of aryl methyl sites for hydroxylation is 3. The highest BCUT2D eigenvalue weighted by Gasteiger charge is 2.09. The Morgan fingerprint density at radius 3 is 1.32 bits per heavy atom. The summed E-state index contributed by atoms with van der Waals surface area (Å²) in [5.74, 6) is 0.596. The molecule has 0 saturated carbocycles. The molecule has 0 bridgehead atoms. The van der Waals surface area contributed by atoms with E-state index in [1.807, 2.05) is 24.3 Å². The number of hydrogen-bond acceptors (Lipinski definition) is 6. The highest BCUT2D eigenvalue weighted by molar-refractivity contribution is 5.75. The van der Waals surface area contributed by atoms with Gasteiger partial charge in [0, 0.05) is 19.3 Å². The Morgan fingerprint density at radius 2 is 0.941 bits per heavy atom. The summed E-state index contributed by atoms with van der Waals surface area (Å²) < 4.78 is 10.7. The molecule has 0 aromatic heterocycles. The molecule has 6 heteroatoms. The second-order valence-electron chi connectivity index (χ2n) is 8.10. The van der Waals surface area contributed by atoms with Crippen molar-refractivity contribution in [2.24, 2.45) is 0 Å². The Balaban J connectivity index is 1.39. The minimum Gasteiger partial charge on any atom is -0.508 e. The number of hydrogen-bond donors (Lipinski definition) is 1. The zero-order valence-electron chi connectivity index (χ0n) is 19.2. The average molecular weight is 461 g/mol. The molecule has 0 aliphatic rings. The van der Waals surface area contributed by atoms with Gasteiger partial charge in [-0.3, -0.25) is 9.59 Å². The van der Waals surface area contributed by atoms with Gasteiger partial charge in [0.15, 0.2) is 0 Å². The minimum atomic E-state index is -0.336. The molecule has 34 heavy (non-hydrogen) atoms. The van der Waals surface area contributed by atoms with Gasteiger partial charge in [0.05, 0.1) is 0 Å². The molecule has 0 aliphatic carbocycles. The van der Waals surface area contributed by atoms with E-state index in [0.29, 0.717) is 37.2 Å². The molecule has 3 aromatic rings. The highest BCUT2D eigenvalue weighted by Crippen LogP contribution is 2.17. The number of esters is 2. The maximum Gasteiger partial charge on any atom is 0.311 e. The summed E-state index contributed by atoms with van der Waals surface area (Å²) in [5.41, 5.74) is 2.90. The van der Waals surface area contributed by atoms with Gasteiger partial charge >= 0.3 is 11.9 Å². The first kappa shape index (κ1) is 24.7. The summed E-state index contributed by atoms with van der Waals surface area (Å²) in [7, 11) is 0. The molecule has 0 heterocycles. The topological polar surface area (TPSA) is 89.9 Å². The Hall–Kier alpha value is -3.93. The van der Waals surface area contributed by atoms with Crippen molar-refractivity contribution in [1.82, 2.24) is 0 Å². The first-order valence-corrected chi connectivity index (χ1v) is 11.2. The normalized spacial score (nSPS) is 10.5. The van der Waals surface area contributed by atoms with Crippen LogP contribution in [-0.2, 0) is 33.6 Å². The van der Waals surface area contributed by atoms with Crippen LogP contribution in [-0.4, -0.2) is 22.8 Å². The maximum atomic E-state index is 12.2. The number of Topliss-reactive ketones (excluding diaryl/α,β-unsaturated/α-hetero) is 1. The van der Waals surface area contributed by atoms with Crippen LogP contribution in [0.15, 0.2) is 72.8 Å². The zero-order valence-corrected chi connectivity index (χ0v) is 19.2. The maximum absolute atomic E-state index is 12.2. The summed E-state index contributed by atoms with van der Waals surface area (Å²) in [6.07, 6.45) is 2.66. The van der Waals surface area contributed by atoms with Gasteiger partial charge in [-0.25, -0.2) is 0 Å². The third kappa shape index (κ3) is 8.54. The quantitative estimate of drug-likeness (QED) is 0.320. The Bertz CT molecular complexity index is 1100. The van der Waals surface area contributed by atoms with Crippen molar-refractivity contribution in [2.75, 3.05) is 0 Å². The molecule has 176 valence electrons. The van der Waals surface area contributed by atoms with E-state index >= 15 is 0 Å². The number of ketones is 1. The number of phenolic OH excluding ortho intramolecular Hbond substituents is 1. The first-order chi connectivity index (χ1) is 16.4. The van der Waals surface area contributed by atoms with Crippen LogP contribution in [0.25, 0.3) is 0 Å². The molecule has 0 amide bonds. The second kappa shape index (κ2) is 12.3. The number of aromatic hydroxyl groups is 1. The summed E-state index contributed by atoms with van der Waals surface area (Å²) in [4.78, 5) is 35.3. The molecule has 0 unspecified atom stereocenters. The van der Waals surface area contributed by atoms with Gasteiger partial charge in [-0.15, -0.1) is 0 Å². The minimum absolute atomic E-state index is 0.146. The summed E-state index contributed by atoms with van der Waals surface area (Å²) >= 11 is 0. The molecule has 3 aromatic carbocycles. The van der Waals surface area contributed by atoms with Crippen LogP contribution in [0.5, 0.6) is 17.2 Å². The fraction of sp³-hybridized carbons (Fsp3) is 0.250. The monoisotopic (exact) mass is 460 g/mol. The van der Waals surface area contributed by atoms with Crippen LogP contribution in [0.3, 0.4) is 0 Å². The highest BCUT2D eigenvalue weighted by atomic mass is 16.5. The second-order valence-corrected chi connectivity index (χ2v) is 8.10. The van der Waals surface area contributed by atoms with Gasteiger partial charge in [0.1, 0.15) is 23.0 Å². The van der Waals surface area contributed by atoms with Gasteiger partial charge in [-0.05, 0) is 79.3 Å². The van der Waals surface area contributed by atoms with E-state index in [9.17, 15) is 19.5 Å². The third-order valence-electron chi connectivity index (χ3n) is 5.25. The number of carbonyl (C=O) groups excluding carboxylic acids is 3. The predicted octanol–water partition coefficient (Wildman–Crippen LogP) is 4.99. The van der Waals surface area contributed by atoms with Gasteiger partial charge in [-0.1, -0.05) is 36.4 Å². The summed E-state index contributed by atoms with van der Waals surface area (Å²) in [6, 6.07) is 21.0. The van der Waals surface area contributed by atoms with Gasteiger partial charge < -0.3 is 19.4 Å². The average Bonchev–Trinajstić information content (AvgIpc) is 2.83. The fourth-order valence-corrected chi connectivity index (χ4v) is 3.29. The molecule has 0 spiro atoms. The van der Waals surface area contributed by atoms with Crippen LogP contribution in [0.1, 0.15) is 42.9 Å². The van der Waals surface area contributed by atoms with E-state index < -0.39 is 0 Å². The molecule has 0 aliphatic heterocycles. The summed E-state index contributed by atoms with van der Waals surface area (Å²) in [6.45, 7) is 1.57. The van der Waals surface area contributed by atoms with Crippen molar-refractivity contribution in [3.63, 3.8) is 0 Å². The lowest BCUT2D eigenvalue weighted by Gasteiger charge is -2.07. The van der Waals surface area contributed by atoms with Crippen molar-refractivity contribution in [2.45, 2.75) is 45.4 Å². The van der Waals surface area contributed by atoms with Crippen LogP contribution in [0, 0.1) is 0 Å². The van der Waals surface area contributed by atoms with Crippen molar-refractivity contribution < 1.29 is 29.0 Å². The van der Waals surface area contributed by atoms with Gasteiger partial charge in [0.25, 0.3) is 0 Å². The van der Waals surface area contributed by atoms with E-state index in [2.05, 4.69) is 0 Å². The molecule has 0 atom stereocenters. The first-order valence-electron chi connectivity index (χ1n) is 11.2. The van der Waals surface area contributed by atoms with Crippen molar-refractivity contribution >= 4 is 17.7 Å².